The molecule has 22 heavy (non-hydrogen) atoms. The molecule has 2 aliphatic rings. The molecule has 1 N–H and O–H groups in total. The van der Waals surface area contributed by atoms with Crippen LogP contribution in [0.2, 0.25) is 0 Å². The summed E-state index contributed by atoms with van der Waals surface area (Å²) in [5, 5.41) is 2.96. The first-order valence-electron chi connectivity index (χ1n) is 8.37. The van der Waals surface area contributed by atoms with Crippen molar-refractivity contribution in [3.8, 4) is 0 Å². The minimum absolute atomic E-state index is 0.0453. The Balaban J connectivity index is 1.63. The number of nitrogens with one attached hydrogen (secondary N) is 1. The summed E-state index contributed by atoms with van der Waals surface area (Å²) in [6.07, 6.45) is 6.21. The molecule has 0 radical (unpaired) electrons. The molecule has 0 spiro atoms. The molecule has 4 nitrogen and oxygen atoms in total. The van der Waals surface area contributed by atoms with Gasteiger partial charge >= 0.3 is 0 Å². The molecule has 1 aliphatic carbocycles. The standard InChI is InChI=1S/C17H24N2O2S/c1-2-8-18-16(20)13-6-4-9-19(11-13)17(21)15-10-12-5-3-7-14(12)22-15/h10,13H,2-9,11H2,1H3,(H,18,20)/t13-/m1/s1. The van der Waals surface area contributed by atoms with Crippen LogP contribution in [0, 0.1) is 5.92 Å². The van der Waals surface area contributed by atoms with Crippen molar-refractivity contribution in [1.82, 2.24) is 10.2 Å². The van der Waals surface area contributed by atoms with Crippen molar-refractivity contribution < 1.29 is 9.59 Å². The maximum Gasteiger partial charge on any atom is 0.263 e. The predicted molar refractivity (Wildman–Crippen MR) is 88.3 cm³/mol. The lowest BCUT2D eigenvalue weighted by molar-refractivity contribution is -0.126. The van der Waals surface area contributed by atoms with Crippen molar-refractivity contribution in [2.24, 2.45) is 5.92 Å². The Hall–Kier alpha value is -1.36. The number of carbonyl (C=O) groups is 2. The highest BCUT2D eigenvalue weighted by Crippen LogP contribution is 2.32. The molecule has 1 aromatic rings. The van der Waals surface area contributed by atoms with E-state index >= 15 is 0 Å². The fraction of sp³-hybridized carbons (Fsp3) is 0.647. The molecule has 1 atom stereocenters. The number of thiophene rings is 1. The van der Waals surface area contributed by atoms with Gasteiger partial charge in [0.05, 0.1) is 10.8 Å². The summed E-state index contributed by atoms with van der Waals surface area (Å²) in [7, 11) is 0. The number of nitrogens with zero attached hydrogens (tertiary/aromatic N) is 1. The van der Waals surface area contributed by atoms with Crippen LogP contribution in [0.3, 0.4) is 0 Å². The molecule has 5 heteroatoms. The summed E-state index contributed by atoms with van der Waals surface area (Å²) in [6.45, 7) is 4.11. The van der Waals surface area contributed by atoms with Crippen LogP contribution >= 0.6 is 11.3 Å². The van der Waals surface area contributed by atoms with Gasteiger partial charge in [0.1, 0.15) is 0 Å². The fourth-order valence-corrected chi connectivity index (χ4v) is 4.58. The Bertz CT molecular complexity index is 546. The zero-order valence-corrected chi connectivity index (χ0v) is 14.0. The number of carbonyl (C=O) groups excluding carboxylic acids is 2. The van der Waals surface area contributed by atoms with Gasteiger partial charge in [0, 0.05) is 24.5 Å². The molecule has 3 rings (SSSR count). The van der Waals surface area contributed by atoms with E-state index in [9.17, 15) is 9.59 Å². The molecule has 2 amide bonds. The third-order valence-electron chi connectivity index (χ3n) is 4.59. The molecule has 0 bridgehead atoms. The van der Waals surface area contributed by atoms with Gasteiger partial charge in [-0.3, -0.25) is 9.59 Å². The first-order valence-corrected chi connectivity index (χ1v) is 9.19. The van der Waals surface area contributed by atoms with E-state index in [1.165, 1.54) is 16.9 Å². The monoisotopic (exact) mass is 320 g/mol. The number of likely N-dealkylation sites (tertiary alicyclic amines) is 1. The highest BCUT2D eigenvalue weighted by molar-refractivity contribution is 7.14. The zero-order chi connectivity index (χ0) is 15.5. The van der Waals surface area contributed by atoms with Crippen molar-refractivity contribution in [3.63, 3.8) is 0 Å². The molecule has 120 valence electrons. The number of aryl methyl sites for hydroxylation is 2. The first kappa shape index (κ1) is 15.5. The lowest BCUT2D eigenvalue weighted by Crippen LogP contribution is -2.45. The Morgan fingerprint density at radius 3 is 3.00 bits per heavy atom. The van der Waals surface area contributed by atoms with Crippen molar-refractivity contribution in [2.45, 2.75) is 45.4 Å². The van der Waals surface area contributed by atoms with Gasteiger partial charge in [-0.25, -0.2) is 0 Å². The van der Waals surface area contributed by atoms with Crippen LogP contribution in [0.25, 0.3) is 0 Å². The maximum absolute atomic E-state index is 12.7. The topological polar surface area (TPSA) is 49.4 Å². The molecule has 2 heterocycles. The molecule has 1 aliphatic heterocycles. The number of amides is 2. The average molecular weight is 320 g/mol. The molecule has 1 saturated heterocycles. The number of rotatable bonds is 4. The summed E-state index contributed by atoms with van der Waals surface area (Å²) in [5.41, 5.74) is 1.36. The van der Waals surface area contributed by atoms with Crippen molar-refractivity contribution >= 4 is 23.2 Å². The number of piperidine rings is 1. The van der Waals surface area contributed by atoms with Crippen LogP contribution in [0.4, 0.5) is 0 Å². The van der Waals surface area contributed by atoms with Gasteiger partial charge in [0.2, 0.25) is 5.91 Å². The Kier molecular flexibility index (Phi) is 4.81. The lowest BCUT2D eigenvalue weighted by atomic mass is 9.97. The zero-order valence-electron chi connectivity index (χ0n) is 13.2. The van der Waals surface area contributed by atoms with Crippen LogP contribution in [0.5, 0.6) is 0 Å². The minimum atomic E-state index is -0.0453. The summed E-state index contributed by atoms with van der Waals surface area (Å²) in [5.74, 6) is 0.177. The van der Waals surface area contributed by atoms with E-state index in [4.69, 9.17) is 0 Å². The molecular formula is C17H24N2O2S. The van der Waals surface area contributed by atoms with Gasteiger partial charge in [-0.15, -0.1) is 11.3 Å². The minimum Gasteiger partial charge on any atom is -0.356 e. The normalized spacial score (nSPS) is 20.8. The van der Waals surface area contributed by atoms with Crippen molar-refractivity contribution in [3.05, 3.63) is 21.4 Å². The second-order valence-corrected chi connectivity index (χ2v) is 7.43. The third-order valence-corrected chi connectivity index (χ3v) is 5.81. The number of hydrogen-bond donors (Lipinski definition) is 1. The van der Waals surface area contributed by atoms with Crippen LogP contribution in [-0.4, -0.2) is 36.3 Å². The van der Waals surface area contributed by atoms with Crippen LogP contribution in [-0.2, 0) is 17.6 Å². The van der Waals surface area contributed by atoms with Crippen LogP contribution in [0.1, 0.15) is 52.7 Å². The van der Waals surface area contributed by atoms with Crippen LogP contribution < -0.4 is 5.32 Å². The van der Waals surface area contributed by atoms with E-state index in [1.54, 1.807) is 11.3 Å². The van der Waals surface area contributed by atoms with Gasteiger partial charge in [0.25, 0.3) is 5.91 Å². The van der Waals surface area contributed by atoms with Crippen LogP contribution in [0.15, 0.2) is 6.07 Å². The van der Waals surface area contributed by atoms with E-state index < -0.39 is 0 Å². The highest BCUT2D eigenvalue weighted by Gasteiger charge is 2.30. The molecule has 1 aromatic heterocycles. The Morgan fingerprint density at radius 1 is 1.36 bits per heavy atom. The molecule has 1 fully saturated rings. The Morgan fingerprint density at radius 2 is 2.23 bits per heavy atom. The molecular weight excluding hydrogens is 296 g/mol. The fourth-order valence-electron chi connectivity index (χ4n) is 3.36. The molecule has 0 unspecified atom stereocenters. The molecule has 0 saturated carbocycles. The summed E-state index contributed by atoms with van der Waals surface area (Å²) < 4.78 is 0. The van der Waals surface area contributed by atoms with Crippen molar-refractivity contribution in [1.29, 1.82) is 0 Å². The van der Waals surface area contributed by atoms with Gasteiger partial charge in [-0.05, 0) is 50.2 Å². The quantitative estimate of drug-likeness (QED) is 0.927. The van der Waals surface area contributed by atoms with Gasteiger partial charge < -0.3 is 10.2 Å². The second-order valence-electron chi connectivity index (χ2n) is 6.29. The van der Waals surface area contributed by atoms with E-state index in [-0.39, 0.29) is 17.7 Å². The largest absolute Gasteiger partial charge is 0.356 e. The van der Waals surface area contributed by atoms with E-state index in [0.717, 1.165) is 50.1 Å². The van der Waals surface area contributed by atoms with E-state index in [1.807, 2.05) is 11.8 Å². The smallest absolute Gasteiger partial charge is 0.263 e. The maximum atomic E-state index is 12.7. The van der Waals surface area contributed by atoms with Gasteiger partial charge in [-0.2, -0.15) is 0 Å². The number of fused-ring (bicyclic) bond motifs is 1. The van der Waals surface area contributed by atoms with E-state index in [2.05, 4.69) is 11.4 Å². The SMILES string of the molecule is CCCNC(=O)[C@@H]1CCCN(C(=O)c2cc3c(s2)CCC3)C1. The highest BCUT2D eigenvalue weighted by atomic mass is 32.1. The first-order chi connectivity index (χ1) is 10.7. The van der Waals surface area contributed by atoms with Crippen molar-refractivity contribution in [2.75, 3.05) is 19.6 Å². The lowest BCUT2D eigenvalue weighted by Gasteiger charge is -2.31. The summed E-state index contributed by atoms with van der Waals surface area (Å²) in [6, 6.07) is 2.08. The van der Waals surface area contributed by atoms with Gasteiger partial charge in [0.15, 0.2) is 0 Å². The summed E-state index contributed by atoms with van der Waals surface area (Å²) >= 11 is 1.66. The Labute approximate surface area is 135 Å². The predicted octanol–water partition coefficient (Wildman–Crippen LogP) is 2.62. The van der Waals surface area contributed by atoms with Gasteiger partial charge in [-0.1, -0.05) is 6.92 Å². The summed E-state index contributed by atoms with van der Waals surface area (Å²) in [4.78, 5) is 28.9. The third kappa shape index (κ3) is 3.19. The average Bonchev–Trinajstić information content (AvgIpc) is 3.13. The molecule has 0 aromatic carbocycles. The number of hydrogen-bond acceptors (Lipinski definition) is 3. The van der Waals surface area contributed by atoms with E-state index in [0.29, 0.717) is 6.54 Å². The second kappa shape index (κ2) is 6.82.